The minimum Gasteiger partial charge on any atom is -0.492 e. The Kier molecular flexibility index (Phi) is 18.0. The third-order valence-electron chi connectivity index (χ3n) is 14.6. The lowest BCUT2D eigenvalue weighted by Crippen LogP contribution is -2.58. The van der Waals surface area contributed by atoms with Gasteiger partial charge in [0.05, 0.1) is 40.0 Å². The second-order valence-corrected chi connectivity index (χ2v) is 23.9. The third-order valence-corrected chi connectivity index (χ3v) is 17.1. The van der Waals surface area contributed by atoms with Crippen LogP contribution in [0.3, 0.4) is 0 Å². The van der Waals surface area contributed by atoms with E-state index in [1.54, 1.807) is 41.2 Å². The Balaban J connectivity index is 0.690. The van der Waals surface area contributed by atoms with E-state index >= 15 is 8.78 Å². The van der Waals surface area contributed by atoms with Gasteiger partial charge in [0.15, 0.2) is 5.82 Å². The van der Waals surface area contributed by atoms with Gasteiger partial charge in [-0.15, -0.1) is 11.3 Å². The molecule has 5 N–H and O–H groups in total. The predicted octanol–water partition coefficient (Wildman–Crippen LogP) is 5.69. The number of anilines is 1. The molecule has 9 rings (SSSR count). The number of amides is 3. The van der Waals surface area contributed by atoms with Gasteiger partial charge >= 0.3 is 10.2 Å². The van der Waals surface area contributed by atoms with Crippen molar-refractivity contribution in [3.8, 4) is 27.3 Å². The topological polar surface area (TPSA) is 232 Å². The predicted molar refractivity (Wildman–Crippen MR) is 296 cm³/mol. The molecular formula is C56H65F3N10O9S2. The van der Waals surface area contributed by atoms with Crippen molar-refractivity contribution in [1.29, 1.82) is 0 Å². The molecule has 4 atom stereocenters. The van der Waals surface area contributed by atoms with Crippen molar-refractivity contribution in [2.75, 3.05) is 83.4 Å². The molecule has 6 heterocycles. The number of β-amino-alcohol motifs (C(OH)–C–C–N with tert-alkyl or cyclic N) is 1. The maximum atomic E-state index is 15.8. The summed E-state index contributed by atoms with van der Waals surface area (Å²) >= 11 is 1.56. The van der Waals surface area contributed by atoms with Crippen molar-refractivity contribution in [3.05, 3.63) is 119 Å². The van der Waals surface area contributed by atoms with Gasteiger partial charge in [0, 0.05) is 101 Å². The number of nitrogens with one attached hydrogen (secondary N) is 4. The number of aromatic amines is 1. The van der Waals surface area contributed by atoms with Gasteiger partial charge in [-0.25, -0.2) is 23.1 Å². The number of aryl methyl sites for hydroxylation is 1. The van der Waals surface area contributed by atoms with Gasteiger partial charge in [0.25, 0.3) is 0 Å². The largest absolute Gasteiger partial charge is 0.492 e. The molecule has 0 aliphatic carbocycles. The first-order chi connectivity index (χ1) is 38.2. The molecule has 3 aliphatic rings. The highest BCUT2D eigenvalue weighted by Crippen LogP contribution is 2.33. The number of benzene rings is 3. The van der Waals surface area contributed by atoms with Gasteiger partial charge in [0.1, 0.15) is 48.7 Å². The number of ketones is 1. The summed E-state index contributed by atoms with van der Waals surface area (Å²) < 4.78 is 85.0. The average Bonchev–Trinajstić information content (AvgIpc) is 4.33. The number of aromatic nitrogens is 3. The maximum Gasteiger partial charge on any atom is 0.301 e. The van der Waals surface area contributed by atoms with Crippen LogP contribution in [-0.4, -0.2) is 174 Å². The van der Waals surface area contributed by atoms with Gasteiger partial charge in [-0.05, 0) is 65.8 Å². The monoisotopic (exact) mass is 1140 g/mol. The molecule has 3 amide bonds. The third kappa shape index (κ3) is 13.7. The van der Waals surface area contributed by atoms with Gasteiger partial charge < -0.3 is 35.1 Å². The van der Waals surface area contributed by atoms with Crippen molar-refractivity contribution < 1.29 is 55.3 Å². The number of halogens is 3. The summed E-state index contributed by atoms with van der Waals surface area (Å²) in [6.45, 7) is 12.1. The van der Waals surface area contributed by atoms with Crippen molar-refractivity contribution in [1.82, 2.24) is 44.6 Å². The molecule has 426 valence electrons. The molecule has 0 spiro atoms. The summed E-state index contributed by atoms with van der Waals surface area (Å²) in [5.41, 5.74) is 3.89. The number of H-pyrrole nitrogens is 1. The normalized spacial score (nSPS) is 18.9. The van der Waals surface area contributed by atoms with Crippen molar-refractivity contribution in [3.63, 3.8) is 0 Å². The average molecular weight is 1140 g/mol. The Hall–Kier alpha value is -6.80. The molecule has 0 saturated carbocycles. The van der Waals surface area contributed by atoms with Crippen LogP contribution in [0, 0.1) is 24.0 Å². The van der Waals surface area contributed by atoms with Crippen LogP contribution in [-0.2, 0) is 35.9 Å². The van der Waals surface area contributed by atoms with Crippen LogP contribution in [0.2, 0.25) is 0 Å². The molecule has 6 aromatic rings. The van der Waals surface area contributed by atoms with E-state index in [9.17, 15) is 37.1 Å². The minimum absolute atomic E-state index is 0.0114. The van der Waals surface area contributed by atoms with E-state index < -0.39 is 87.0 Å². The van der Waals surface area contributed by atoms with E-state index in [0.717, 1.165) is 69.9 Å². The number of piperazine rings is 1. The number of alkyl halides is 1. The van der Waals surface area contributed by atoms with Crippen LogP contribution < -0.4 is 20.1 Å². The number of fused-ring (bicyclic) bond motifs is 1. The lowest BCUT2D eigenvalue weighted by molar-refractivity contribution is -0.144. The Morgan fingerprint density at radius 1 is 0.900 bits per heavy atom. The summed E-state index contributed by atoms with van der Waals surface area (Å²) in [7, 11) is -4.38. The summed E-state index contributed by atoms with van der Waals surface area (Å²) in [5.74, 6) is -4.30. The zero-order valence-corrected chi connectivity index (χ0v) is 46.5. The quantitative estimate of drug-likeness (QED) is 0.0431. The van der Waals surface area contributed by atoms with E-state index in [4.69, 9.17) is 9.47 Å². The smallest absolute Gasteiger partial charge is 0.301 e. The van der Waals surface area contributed by atoms with E-state index in [2.05, 4.69) is 35.4 Å². The lowest BCUT2D eigenvalue weighted by Gasteiger charge is -2.35. The fourth-order valence-electron chi connectivity index (χ4n) is 10.0. The molecule has 0 unspecified atom stereocenters. The molecule has 0 bridgehead atoms. The number of hydrogen-bond donors (Lipinski definition) is 5. The minimum atomic E-state index is -4.38. The number of aliphatic hydroxyl groups excluding tert-OH is 1. The SMILES string of the molecule is Cc1ncsc1-c1ccc(CNC(=O)[C@@H]2C[C@@H](O)CN2C(=O)[C@@H](NC(=O)COCCN2CCN(CCOc3ccc(-c4cnc5[nH]cc(C(=O)c6c(F)ccc(NS(=O)(=O)N7CC[C@@H](F)C7)c6F)c5c4)cc3)CC2)C(C)(C)C)cc1. The van der Waals surface area contributed by atoms with E-state index in [-0.39, 0.29) is 61.6 Å². The summed E-state index contributed by atoms with van der Waals surface area (Å²) in [4.78, 5) is 73.1. The molecule has 80 heavy (non-hydrogen) atoms. The number of pyridine rings is 1. The Morgan fingerprint density at radius 2 is 1.60 bits per heavy atom. The standard InChI is InChI=1S/C56H65F3N10O9S2/c1-34-51(79-33-63-34)37-7-5-35(6-8-37)27-62-54(73)46-26-40(70)31-69(46)55(74)52(56(2,3)4)64-47(71)32-77-23-21-66-17-19-67(20-18-66)22-24-78-41-11-9-36(10-12-41)38-25-42-43(29-61-53(42)60-28-38)50(72)48-44(58)13-14-45(49(48)59)65-80(75,76)68-16-15-39(57)30-68/h5-14,25,28-29,33,39-40,46,52,65,70H,15-24,26-27,30-32H2,1-4H3,(H,60,61)(H,62,73)(H,64,71)/t39-,40-,46+,52-/m1/s1. The summed E-state index contributed by atoms with van der Waals surface area (Å²) in [6, 6.07) is 16.5. The second-order valence-electron chi connectivity index (χ2n) is 21.3. The van der Waals surface area contributed by atoms with Crippen LogP contribution in [0.4, 0.5) is 18.9 Å². The fraction of sp³-hybridized carbons (Fsp3) is 0.429. The molecule has 24 heteroatoms. The Bertz CT molecular complexity index is 3310. The number of aliphatic hydroxyl groups is 1. The summed E-state index contributed by atoms with van der Waals surface area (Å²) in [5, 5.41) is 16.7. The maximum absolute atomic E-state index is 15.8. The Morgan fingerprint density at radius 3 is 2.26 bits per heavy atom. The van der Waals surface area contributed by atoms with Crippen molar-refractivity contribution in [2.24, 2.45) is 5.41 Å². The van der Waals surface area contributed by atoms with Crippen LogP contribution >= 0.6 is 11.3 Å². The number of likely N-dealkylation sites (tertiary alicyclic amines) is 1. The van der Waals surface area contributed by atoms with E-state index in [1.165, 1.54) is 11.1 Å². The molecule has 3 aromatic carbocycles. The number of thiazole rings is 1. The van der Waals surface area contributed by atoms with Crippen LogP contribution in [0.15, 0.2) is 84.6 Å². The van der Waals surface area contributed by atoms with E-state index in [1.807, 2.05) is 68.8 Å². The van der Waals surface area contributed by atoms with Crippen molar-refractivity contribution >= 4 is 61.8 Å². The number of carbonyl (C=O) groups excluding carboxylic acids is 4. The first-order valence-corrected chi connectivity index (χ1v) is 28.8. The number of rotatable bonds is 21. The highest BCUT2D eigenvalue weighted by atomic mass is 32.2. The number of carbonyl (C=O) groups is 4. The van der Waals surface area contributed by atoms with Crippen LogP contribution in [0.1, 0.15) is 60.8 Å². The molecule has 0 radical (unpaired) electrons. The van der Waals surface area contributed by atoms with Gasteiger partial charge in [-0.3, -0.25) is 33.7 Å². The highest BCUT2D eigenvalue weighted by molar-refractivity contribution is 7.90. The molecule has 3 saturated heterocycles. The zero-order valence-electron chi connectivity index (χ0n) is 44.8. The number of ether oxygens (including phenoxy) is 2. The van der Waals surface area contributed by atoms with Crippen LogP contribution in [0.25, 0.3) is 32.6 Å². The van der Waals surface area contributed by atoms with Gasteiger partial charge in [0.2, 0.25) is 23.5 Å². The molecule has 3 aromatic heterocycles. The molecule has 19 nitrogen and oxygen atoms in total. The van der Waals surface area contributed by atoms with E-state index in [0.29, 0.717) is 37.6 Å². The Labute approximate surface area is 466 Å². The van der Waals surface area contributed by atoms with Gasteiger partial charge in [-0.2, -0.15) is 12.7 Å². The highest BCUT2D eigenvalue weighted by Gasteiger charge is 2.44. The number of hydrogen-bond acceptors (Lipinski definition) is 14. The lowest BCUT2D eigenvalue weighted by atomic mass is 9.85. The molecule has 3 aliphatic heterocycles. The first kappa shape index (κ1) is 57.9. The molecular weight excluding hydrogens is 1080 g/mol. The van der Waals surface area contributed by atoms with Gasteiger partial charge in [-0.1, -0.05) is 57.2 Å². The first-order valence-electron chi connectivity index (χ1n) is 26.4. The fourth-order valence-corrected chi connectivity index (χ4v) is 12.1. The van der Waals surface area contributed by atoms with Crippen molar-refractivity contribution in [2.45, 2.75) is 71.4 Å². The number of nitrogens with zero attached hydrogens (tertiary/aromatic N) is 6. The summed E-state index contributed by atoms with van der Waals surface area (Å²) in [6.07, 6.45) is 0.693. The van der Waals surface area contributed by atoms with Crippen LogP contribution in [0.5, 0.6) is 5.75 Å². The second kappa shape index (κ2) is 24.9. The zero-order chi connectivity index (χ0) is 56.9. The molecule has 3 fully saturated rings.